The minimum atomic E-state index is 0.474. The number of hydrogen-bond acceptors (Lipinski definition) is 1. The summed E-state index contributed by atoms with van der Waals surface area (Å²) in [6.45, 7) is 13.8. The van der Waals surface area contributed by atoms with Crippen molar-refractivity contribution in [3.8, 4) is 22.8 Å². The van der Waals surface area contributed by atoms with Gasteiger partial charge in [-0.15, -0.1) is 0 Å². The van der Waals surface area contributed by atoms with Crippen molar-refractivity contribution >= 4 is 10.8 Å². The summed E-state index contributed by atoms with van der Waals surface area (Å²) >= 11 is 0. The van der Waals surface area contributed by atoms with Gasteiger partial charge >= 0.3 is 0 Å². The molecular formula is C31H40NO+. The van der Waals surface area contributed by atoms with Crippen LogP contribution in [0.1, 0.15) is 100 Å². The Hall–Kier alpha value is -2.35. The van der Waals surface area contributed by atoms with Crippen molar-refractivity contribution in [2.45, 2.75) is 91.9 Å². The molecule has 2 heteroatoms. The Bertz CT molecular complexity index is 1220. The Morgan fingerprint density at radius 1 is 1.06 bits per heavy atom. The second-order valence-electron chi connectivity index (χ2n) is 11.1. The van der Waals surface area contributed by atoms with Crippen molar-refractivity contribution in [1.82, 2.24) is 0 Å². The van der Waals surface area contributed by atoms with Crippen molar-refractivity contribution in [1.29, 1.82) is 0 Å². The van der Waals surface area contributed by atoms with Gasteiger partial charge in [0.15, 0.2) is 6.20 Å². The van der Waals surface area contributed by atoms with E-state index in [4.69, 9.17) is 4.74 Å². The number of ether oxygens (including phenoxy) is 1. The highest BCUT2D eigenvalue weighted by Gasteiger charge is 2.38. The number of nitrogens with zero attached hydrogens (tertiary/aromatic N) is 1. The smallest absolute Gasteiger partial charge is 0.256 e. The summed E-state index contributed by atoms with van der Waals surface area (Å²) < 4.78 is 9.17. The maximum absolute atomic E-state index is 6.88. The molecular weight excluding hydrogens is 402 g/mol. The Morgan fingerprint density at radius 2 is 1.76 bits per heavy atom. The van der Waals surface area contributed by atoms with E-state index in [0.29, 0.717) is 17.3 Å². The number of hydrogen-bond donors (Lipinski definition) is 0. The highest BCUT2D eigenvalue weighted by Crippen LogP contribution is 2.53. The van der Waals surface area contributed by atoms with Gasteiger partial charge in [-0.1, -0.05) is 52.7 Å². The van der Waals surface area contributed by atoms with Crippen LogP contribution < -0.4 is 9.30 Å². The van der Waals surface area contributed by atoms with Gasteiger partial charge in [-0.25, -0.2) is 0 Å². The number of aromatic nitrogens is 1. The molecule has 0 spiro atoms. The molecule has 1 aliphatic carbocycles. The molecule has 0 N–H and O–H groups in total. The fourth-order valence-corrected chi connectivity index (χ4v) is 6.44. The molecule has 0 bridgehead atoms. The topological polar surface area (TPSA) is 13.1 Å². The van der Waals surface area contributed by atoms with Crippen LogP contribution in [0.15, 0.2) is 30.5 Å². The number of rotatable bonds is 4. The van der Waals surface area contributed by atoms with Crippen LogP contribution >= 0.6 is 0 Å². The molecule has 174 valence electrons. The van der Waals surface area contributed by atoms with Gasteiger partial charge in [-0.05, 0) is 84.9 Å². The van der Waals surface area contributed by atoms with Crippen LogP contribution in [0.4, 0.5) is 0 Å². The molecule has 2 nitrogen and oxygen atoms in total. The zero-order valence-electron chi connectivity index (χ0n) is 21.6. The second kappa shape index (κ2) is 8.15. The van der Waals surface area contributed by atoms with Gasteiger partial charge in [0.05, 0.1) is 5.56 Å². The largest absolute Gasteiger partial charge is 0.449 e. The molecule has 2 aromatic carbocycles. The van der Waals surface area contributed by atoms with Crippen molar-refractivity contribution < 1.29 is 9.30 Å². The van der Waals surface area contributed by atoms with Crippen LogP contribution in [0.2, 0.25) is 0 Å². The zero-order chi connectivity index (χ0) is 23.5. The summed E-state index contributed by atoms with van der Waals surface area (Å²) in [4.78, 5) is 0. The average Bonchev–Trinajstić information content (AvgIpc) is 2.82. The van der Waals surface area contributed by atoms with E-state index < -0.39 is 0 Å². The van der Waals surface area contributed by atoms with Crippen LogP contribution in [0.5, 0.6) is 11.5 Å². The summed E-state index contributed by atoms with van der Waals surface area (Å²) in [6, 6.07) is 9.35. The Labute approximate surface area is 200 Å². The van der Waals surface area contributed by atoms with E-state index in [1.165, 1.54) is 82.8 Å². The van der Waals surface area contributed by atoms with Gasteiger partial charge < -0.3 is 4.74 Å². The molecule has 1 aromatic heterocycles. The first kappa shape index (κ1) is 22.4. The number of benzene rings is 2. The number of fused-ring (bicyclic) bond motifs is 2. The van der Waals surface area contributed by atoms with Gasteiger partial charge in [0.2, 0.25) is 5.75 Å². The van der Waals surface area contributed by atoms with Crippen molar-refractivity contribution in [3.05, 3.63) is 52.7 Å². The van der Waals surface area contributed by atoms with Gasteiger partial charge in [0.25, 0.3) is 5.69 Å². The predicted octanol–water partition coefficient (Wildman–Crippen LogP) is 8.64. The third-order valence-corrected chi connectivity index (χ3v) is 9.15. The zero-order valence-corrected chi connectivity index (χ0v) is 21.6. The van der Waals surface area contributed by atoms with Gasteiger partial charge in [-0.3, -0.25) is 0 Å². The van der Waals surface area contributed by atoms with Crippen molar-refractivity contribution in [3.63, 3.8) is 0 Å². The molecule has 1 saturated carbocycles. The predicted molar refractivity (Wildman–Crippen MR) is 138 cm³/mol. The van der Waals surface area contributed by atoms with Gasteiger partial charge in [0.1, 0.15) is 12.8 Å². The molecule has 0 unspecified atom stereocenters. The quantitative estimate of drug-likeness (QED) is 0.288. The van der Waals surface area contributed by atoms with Crippen LogP contribution in [0.25, 0.3) is 22.0 Å². The lowest BCUT2D eigenvalue weighted by molar-refractivity contribution is -0.660. The lowest BCUT2D eigenvalue weighted by Crippen LogP contribution is -2.33. The van der Waals surface area contributed by atoms with Crippen molar-refractivity contribution in [2.75, 3.05) is 0 Å². The van der Waals surface area contributed by atoms with Gasteiger partial charge in [-0.2, -0.15) is 4.57 Å². The summed E-state index contributed by atoms with van der Waals surface area (Å²) in [5, 5.41) is 2.58. The minimum absolute atomic E-state index is 0.474. The first-order chi connectivity index (χ1) is 15.8. The SMILES string of the molecule is CCC1(CC)CCC(c2cc[n+](C)c3c2Oc2cc(C(C)C)cc4cc(C)c(C)c-3c24)CC1. The van der Waals surface area contributed by atoms with Gasteiger partial charge in [0, 0.05) is 17.0 Å². The molecule has 1 fully saturated rings. The van der Waals surface area contributed by atoms with E-state index >= 15 is 0 Å². The standard InChI is InChI=1S/C31H40NO/c1-8-31(9-2)13-10-22(11-14-31)25-12-15-32(7)29-27-21(6)20(5)16-24-17-23(19(3)4)18-26(28(24)27)33-30(25)29/h12,15-19,22H,8-11,13-14H2,1-7H3/q+1. The summed E-state index contributed by atoms with van der Waals surface area (Å²) in [6.07, 6.45) is 10.1. The molecule has 5 rings (SSSR count). The highest BCUT2D eigenvalue weighted by atomic mass is 16.5. The summed E-state index contributed by atoms with van der Waals surface area (Å²) in [5.41, 5.74) is 8.67. The Balaban J connectivity index is 1.70. The van der Waals surface area contributed by atoms with E-state index in [-0.39, 0.29) is 0 Å². The fraction of sp³-hybridized carbons (Fsp3) is 0.516. The van der Waals surface area contributed by atoms with E-state index in [1.54, 1.807) is 0 Å². The second-order valence-corrected chi connectivity index (χ2v) is 11.1. The Kier molecular flexibility index (Phi) is 5.54. The van der Waals surface area contributed by atoms with Crippen LogP contribution in [0.3, 0.4) is 0 Å². The van der Waals surface area contributed by atoms with E-state index in [2.05, 4.69) is 83.6 Å². The molecule has 3 aromatic rings. The third-order valence-electron chi connectivity index (χ3n) is 9.15. The van der Waals surface area contributed by atoms with Crippen LogP contribution in [-0.2, 0) is 7.05 Å². The fourth-order valence-electron chi connectivity index (χ4n) is 6.44. The summed E-state index contributed by atoms with van der Waals surface area (Å²) in [5.74, 6) is 3.21. The minimum Gasteiger partial charge on any atom is -0.449 e. The Morgan fingerprint density at radius 3 is 2.39 bits per heavy atom. The van der Waals surface area contributed by atoms with E-state index in [0.717, 1.165) is 11.5 Å². The molecule has 0 amide bonds. The molecule has 2 heterocycles. The van der Waals surface area contributed by atoms with Crippen molar-refractivity contribution in [2.24, 2.45) is 12.5 Å². The first-order valence-electron chi connectivity index (χ1n) is 13.1. The molecule has 0 radical (unpaired) electrons. The number of aryl methyl sites for hydroxylation is 2. The molecule has 0 saturated heterocycles. The monoisotopic (exact) mass is 442 g/mol. The highest BCUT2D eigenvalue weighted by molar-refractivity contribution is 6.05. The normalized spacial score (nSPS) is 17.3. The van der Waals surface area contributed by atoms with E-state index in [1.807, 2.05) is 0 Å². The van der Waals surface area contributed by atoms with E-state index in [9.17, 15) is 0 Å². The first-order valence-corrected chi connectivity index (χ1v) is 13.1. The average molecular weight is 443 g/mol. The molecule has 1 aliphatic heterocycles. The lowest BCUT2D eigenvalue weighted by atomic mass is 9.66. The van der Waals surface area contributed by atoms with Crippen LogP contribution in [-0.4, -0.2) is 0 Å². The lowest BCUT2D eigenvalue weighted by Gasteiger charge is -2.39. The summed E-state index contributed by atoms with van der Waals surface area (Å²) in [7, 11) is 2.17. The molecule has 2 aliphatic rings. The van der Waals surface area contributed by atoms with Crippen LogP contribution in [0, 0.1) is 19.3 Å². The maximum atomic E-state index is 6.88. The molecule has 0 atom stereocenters. The third kappa shape index (κ3) is 3.49. The maximum Gasteiger partial charge on any atom is 0.256 e. The molecule has 33 heavy (non-hydrogen) atoms. The number of pyridine rings is 1.